The summed E-state index contributed by atoms with van der Waals surface area (Å²) in [7, 11) is 0. The quantitative estimate of drug-likeness (QED) is 0.358. The van der Waals surface area contributed by atoms with Crippen molar-refractivity contribution in [3.8, 4) is 0 Å². The summed E-state index contributed by atoms with van der Waals surface area (Å²) in [5.74, 6) is 0. The maximum atomic E-state index is 8.59. The minimum absolute atomic E-state index is 0. The van der Waals surface area contributed by atoms with Gasteiger partial charge in [-0.2, -0.15) is 0 Å². The van der Waals surface area contributed by atoms with E-state index in [1.54, 1.807) is 0 Å². The maximum absolute atomic E-state index is 8.59. The van der Waals surface area contributed by atoms with Gasteiger partial charge < -0.3 is 0 Å². The molecule has 0 rings (SSSR count). The van der Waals surface area contributed by atoms with Crippen LogP contribution in [-0.4, -0.2) is 0 Å². The second-order valence-corrected chi connectivity index (χ2v) is 3.37. The molecule has 0 heterocycles. The first-order chi connectivity index (χ1) is 4.00. The SMILES string of the molecule is [Hf+4].[O]=[Cr](=[O])([O-])[O-].[O]=[Cr](=[O])([O-])[O-]. The van der Waals surface area contributed by atoms with Crippen LogP contribution in [0.4, 0.5) is 0 Å². The molecule has 8 nitrogen and oxygen atoms in total. The van der Waals surface area contributed by atoms with Gasteiger partial charge in [-0.1, -0.05) is 0 Å². The second-order valence-electron chi connectivity index (χ2n) is 0.816. The summed E-state index contributed by atoms with van der Waals surface area (Å²) in [6.45, 7) is 0. The summed E-state index contributed by atoms with van der Waals surface area (Å²) in [5, 5.41) is 0. The molecule has 0 unspecified atom stereocenters. The third-order valence-corrected chi connectivity index (χ3v) is 0. The van der Waals surface area contributed by atoms with E-state index in [1.807, 2.05) is 0 Å². The van der Waals surface area contributed by atoms with Crippen LogP contribution in [0.1, 0.15) is 0 Å². The Bertz CT molecular complexity index is 208. The first-order valence-corrected chi connectivity index (χ1v) is 5.50. The van der Waals surface area contributed by atoms with E-state index in [4.69, 9.17) is 31.8 Å². The second kappa shape index (κ2) is 6.49. The van der Waals surface area contributed by atoms with Crippen molar-refractivity contribution in [2.75, 3.05) is 0 Å². The van der Waals surface area contributed by atoms with E-state index in [0.29, 0.717) is 0 Å². The summed E-state index contributed by atoms with van der Waals surface area (Å²) in [5.41, 5.74) is 0. The molecule has 11 heteroatoms. The molecule has 0 aliphatic carbocycles. The van der Waals surface area contributed by atoms with Gasteiger partial charge >= 0.3 is 84.9 Å². The van der Waals surface area contributed by atoms with E-state index in [-0.39, 0.29) is 25.8 Å². The van der Waals surface area contributed by atoms with E-state index in [1.165, 1.54) is 0 Å². The fourth-order valence-electron chi connectivity index (χ4n) is 0. The Morgan fingerprint density at radius 2 is 0.636 bits per heavy atom. The Morgan fingerprint density at radius 1 is 0.636 bits per heavy atom. The number of hydrogen-bond acceptors (Lipinski definition) is 8. The molecule has 0 fully saturated rings. The molecule has 0 radical (unpaired) electrons. The molecule has 0 aromatic carbocycles. The third-order valence-electron chi connectivity index (χ3n) is 0. The fourth-order valence-corrected chi connectivity index (χ4v) is 0. The van der Waals surface area contributed by atoms with Gasteiger partial charge in [0.05, 0.1) is 0 Å². The van der Waals surface area contributed by atoms with E-state index in [0.717, 1.165) is 0 Å². The number of hydrogen-bond donors (Lipinski definition) is 0. The zero-order valence-corrected chi connectivity index (χ0v) is 10.7. The topological polar surface area (TPSA) is 161 Å². The van der Waals surface area contributed by atoms with Crippen molar-refractivity contribution in [2.45, 2.75) is 0 Å². The molecule has 64 valence electrons. The number of rotatable bonds is 0. The predicted molar refractivity (Wildman–Crippen MR) is 2.75 cm³/mol. The van der Waals surface area contributed by atoms with Crippen LogP contribution in [0.2, 0.25) is 0 Å². The molecule has 0 saturated heterocycles. The molecule has 0 aliphatic heterocycles. The molecule has 0 aromatic rings. The molecule has 0 aliphatic rings. The van der Waals surface area contributed by atoms with Crippen molar-refractivity contribution >= 4 is 0 Å². The van der Waals surface area contributed by atoms with Gasteiger partial charge in [-0.3, -0.25) is 0 Å². The Kier molecular flexibility index (Phi) is 10.6. The van der Waals surface area contributed by atoms with Crippen molar-refractivity contribution in [3.05, 3.63) is 0 Å². The monoisotopic (exact) mass is 412 g/mol. The zero-order valence-electron chi connectivity index (χ0n) is 4.58. The summed E-state index contributed by atoms with van der Waals surface area (Å²) in [6, 6.07) is 0. The summed E-state index contributed by atoms with van der Waals surface area (Å²) >= 11 is -11.5. The van der Waals surface area contributed by atoms with E-state index >= 15 is 0 Å². The van der Waals surface area contributed by atoms with Crippen LogP contribution in [0, 0.1) is 0 Å². The average molecular weight is 410 g/mol. The van der Waals surface area contributed by atoms with Crippen molar-refractivity contribution in [3.63, 3.8) is 0 Å². The van der Waals surface area contributed by atoms with Gasteiger partial charge in [0.1, 0.15) is 0 Å². The van der Waals surface area contributed by atoms with E-state index in [2.05, 4.69) is 0 Å². The van der Waals surface area contributed by atoms with Crippen LogP contribution >= 0.6 is 0 Å². The van der Waals surface area contributed by atoms with Crippen molar-refractivity contribution in [2.24, 2.45) is 0 Å². The van der Waals surface area contributed by atoms with Gasteiger partial charge in [-0.15, -0.1) is 0 Å². The van der Waals surface area contributed by atoms with E-state index < -0.39 is 27.2 Å². The van der Waals surface area contributed by atoms with Crippen LogP contribution in [0.3, 0.4) is 0 Å². The van der Waals surface area contributed by atoms with E-state index in [9.17, 15) is 0 Å². The fraction of sp³-hybridized carbons (Fsp3) is 0. The Labute approximate surface area is 84.4 Å². The molecular weight excluding hydrogens is 410 g/mol. The summed E-state index contributed by atoms with van der Waals surface area (Å²) < 4.78 is 68.8. The van der Waals surface area contributed by atoms with Crippen LogP contribution in [0.5, 0.6) is 0 Å². The van der Waals surface area contributed by atoms with Crippen LogP contribution < -0.4 is 16.6 Å². The van der Waals surface area contributed by atoms with Gasteiger partial charge in [0, 0.05) is 0 Å². The first kappa shape index (κ1) is 17.9. The normalized spacial score (nSPS) is 10.5. The summed E-state index contributed by atoms with van der Waals surface area (Å²) in [4.78, 5) is 0. The van der Waals surface area contributed by atoms with Crippen LogP contribution in [0.25, 0.3) is 0 Å². The molecule has 0 saturated carbocycles. The van der Waals surface area contributed by atoms with Gasteiger partial charge in [0.25, 0.3) is 0 Å². The molecule has 0 bridgehead atoms. The van der Waals surface area contributed by atoms with Crippen molar-refractivity contribution in [1.82, 2.24) is 0 Å². The molecule has 0 aromatic heterocycles. The molecule has 0 amide bonds. The predicted octanol–water partition coefficient (Wildman–Crippen LogP) is -5.24. The van der Waals surface area contributed by atoms with Crippen LogP contribution in [0.15, 0.2) is 0 Å². The van der Waals surface area contributed by atoms with Gasteiger partial charge in [-0.05, 0) is 0 Å². The standard InChI is InChI=1S/2Cr.Hf.8O/q;;+4;;;;;4*-1. The van der Waals surface area contributed by atoms with Crippen LogP contribution in [-0.2, 0) is 68.3 Å². The van der Waals surface area contributed by atoms with Gasteiger partial charge in [-0.25, -0.2) is 0 Å². The van der Waals surface area contributed by atoms with Crippen molar-refractivity contribution in [1.29, 1.82) is 0 Å². The Balaban J connectivity index is -0.000000107. The third kappa shape index (κ3) is 930. The van der Waals surface area contributed by atoms with Gasteiger partial charge in [0.2, 0.25) is 0 Å². The zero-order chi connectivity index (χ0) is 9.00. The van der Waals surface area contributed by atoms with Gasteiger partial charge in [0.15, 0.2) is 0 Å². The van der Waals surface area contributed by atoms with Crippen molar-refractivity contribution < 1.29 is 84.9 Å². The first-order valence-electron chi connectivity index (χ1n) is 1.33. The minimum atomic E-state index is -5.75. The molecule has 0 N–H and O–H groups in total. The molecule has 11 heavy (non-hydrogen) atoms. The Hall–Kier alpha value is 0.975. The average Bonchev–Trinajstić information content (AvgIpc) is 1.12. The molecule has 0 atom stereocenters. The Morgan fingerprint density at radius 3 is 0.636 bits per heavy atom. The molecule has 0 spiro atoms. The summed E-state index contributed by atoms with van der Waals surface area (Å²) in [6.07, 6.45) is 0. The molecular formula is Cr2HfO8.